The van der Waals surface area contributed by atoms with Crippen molar-refractivity contribution in [3.05, 3.63) is 151 Å². The quantitative estimate of drug-likeness (QED) is 0.214. The second-order valence-corrected chi connectivity index (χ2v) is 14.0. The Balaban J connectivity index is 1.11. The maximum absolute atomic E-state index is 3.89. The molecular weight excluding hydrogens is 585 g/mol. The molecule has 0 spiro atoms. The smallest absolute Gasteiger partial charge is 0.103 e. The number of para-hydroxylation sites is 1. The predicted octanol–water partition coefficient (Wildman–Crippen LogP) is 12.2. The molecule has 4 heteroatoms. The summed E-state index contributed by atoms with van der Waals surface area (Å²) in [5.74, 6) is 0. The van der Waals surface area contributed by atoms with E-state index in [1.54, 1.807) is 0 Å². The standard InChI is InChI=1S/C41H26N2S2/c1-2-10-25(11-3-1)32-24-33-29-13-6-8-16-34(29)43(40(33)30-14-5-4-12-28(30)32)27-20-18-26(19-21-27)41-42-39-37(45-41)23-22-36-38(39)31-15-7-9-17-35(31)44-36/h1-24,41-42H. The molecule has 0 saturated heterocycles. The third kappa shape index (κ3) is 3.76. The second-order valence-electron chi connectivity index (χ2n) is 11.7. The topological polar surface area (TPSA) is 17.0 Å². The van der Waals surface area contributed by atoms with Crippen molar-refractivity contribution in [1.29, 1.82) is 0 Å². The van der Waals surface area contributed by atoms with Gasteiger partial charge in [0.05, 0.1) is 16.7 Å². The molecule has 0 radical (unpaired) electrons. The van der Waals surface area contributed by atoms with E-state index in [0.717, 1.165) is 0 Å². The van der Waals surface area contributed by atoms with Crippen LogP contribution in [0.5, 0.6) is 0 Å². The van der Waals surface area contributed by atoms with E-state index in [1.807, 2.05) is 23.1 Å². The van der Waals surface area contributed by atoms with Crippen LogP contribution in [-0.4, -0.2) is 4.57 Å². The van der Waals surface area contributed by atoms with Crippen molar-refractivity contribution in [3.63, 3.8) is 0 Å². The van der Waals surface area contributed by atoms with Gasteiger partial charge >= 0.3 is 0 Å². The normalized spacial score (nSPS) is 14.5. The summed E-state index contributed by atoms with van der Waals surface area (Å²) in [6, 6.07) is 53.3. The average Bonchev–Trinajstić information content (AvgIpc) is 3.80. The molecule has 1 aliphatic heterocycles. The number of aromatic nitrogens is 1. The number of nitrogens with zero attached hydrogens (tertiary/aromatic N) is 1. The summed E-state index contributed by atoms with van der Waals surface area (Å²) in [6.07, 6.45) is 0. The molecule has 0 amide bonds. The van der Waals surface area contributed by atoms with Gasteiger partial charge in [0.1, 0.15) is 5.37 Å². The Morgan fingerprint density at radius 1 is 0.556 bits per heavy atom. The van der Waals surface area contributed by atoms with Crippen LogP contribution in [-0.2, 0) is 0 Å². The van der Waals surface area contributed by atoms with Gasteiger partial charge in [-0.2, -0.15) is 0 Å². The zero-order valence-corrected chi connectivity index (χ0v) is 25.8. The van der Waals surface area contributed by atoms with Crippen LogP contribution in [0.4, 0.5) is 5.69 Å². The van der Waals surface area contributed by atoms with Crippen LogP contribution in [0, 0.1) is 0 Å². The van der Waals surface area contributed by atoms with E-state index in [4.69, 9.17) is 0 Å². The van der Waals surface area contributed by atoms with E-state index < -0.39 is 0 Å². The highest BCUT2D eigenvalue weighted by molar-refractivity contribution is 8.00. The van der Waals surface area contributed by atoms with Crippen LogP contribution in [0.1, 0.15) is 10.9 Å². The van der Waals surface area contributed by atoms with Gasteiger partial charge in [0.25, 0.3) is 0 Å². The van der Waals surface area contributed by atoms with Crippen molar-refractivity contribution in [1.82, 2.24) is 4.57 Å². The molecule has 1 N–H and O–H groups in total. The minimum absolute atomic E-state index is 0.172. The molecule has 1 atom stereocenters. The number of hydrogen-bond acceptors (Lipinski definition) is 3. The van der Waals surface area contributed by atoms with Crippen LogP contribution in [0.25, 0.3) is 69.6 Å². The third-order valence-corrected chi connectivity index (χ3v) is 11.6. The monoisotopic (exact) mass is 610 g/mol. The highest BCUT2D eigenvalue weighted by Crippen LogP contribution is 2.52. The molecule has 1 unspecified atom stereocenters. The second kappa shape index (κ2) is 9.73. The van der Waals surface area contributed by atoms with Crippen molar-refractivity contribution in [3.8, 4) is 16.8 Å². The molecule has 0 bridgehead atoms. The fraction of sp³-hybridized carbons (Fsp3) is 0.0244. The van der Waals surface area contributed by atoms with Gasteiger partial charge in [-0.3, -0.25) is 0 Å². The summed E-state index contributed by atoms with van der Waals surface area (Å²) in [6.45, 7) is 0. The van der Waals surface area contributed by atoms with Gasteiger partial charge in [-0.1, -0.05) is 115 Å². The number of rotatable bonds is 3. The lowest BCUT2D eigenvalue weighted by Crippen LogP contribution is -2.02. The lowest BCUT2D eigenvalue weighted by Gasteiger charge is -2.15. The van der Waals surface area contributed by atoms with Gasteiger partial charge in [-0.15, -0.1) is 11.3 Å². The molecule has 3 heterocycles. The molecule has 9 aromatic rings. The fourth-order valence-electron chi connectivity index (χ4n) is 7.22. The van der Waals surface area contributed by atoms with E-state index >= 15 is 0 Å². The number of benzene rings is 7. The maximum Gasteiger partial charge on any atom is 0.103 e. The molecule has 45 heavy (non-hydrogen) atoms. The van der Waals surface area contributed by atoms with Gasteiger partial charge in [-0.05, 0) is 64.5 Å². The average molecular weight is 611 g/mol. The van der Waals surface area contributed by atoms with E-state index in [9.17, 15) is 0 Å². The zero-order chi connectivity index (χ0) is 29.5. The number of thioether (sulfide) groups is 1. The fourth-order valence-corrected chi connectivity index (χ4v) is 9.49. The SMILES string of the molecule is c1ccc(-c2cc3c4ccccc4n(-c4ccc(C5Nc6c(ccc7sc8ccccc8c67)S5)cc4)c3c3ccccc23)cc1. The molecule has 10 rings (SSSR count). The molecule has 2 nitrogen and oxygen atoms in total. The van der Waals surface area contributed by atoms with Crippen LogP contribution < -0.4 is 5.32 Å². The minimum Gasteiger partial charge on any atom is -0.368 e. The summed E-state index contributed by atoms with van der Waals surface area (Å²) in [5.41, 5.74) is 8.72. The van der Waals surface area contributed by atoms with Crippen molar-refractivity contribution in [2.24, 2.45) is 0 Å². The Bertz CT molecular complexity index is 2590. The molecular formula is C41H26N2S2. The lowest BCUT2D eigenvalue weighted by molar-refractivity contribution is 1.12. The van der Waals surface area contributed by atoms with Crippen LogP contribution in [0.15, 0.2) is 150 Å². The van der Waals surface area contributed by atoms with Gasteiger partial charge in [-0.25, -0.2) is 0 Å². The van der Waals surface area contributed by atoms with Crippen molar-refractivity contribution in [2.75, 3.05) is 5.32 Å². The van der Waals surface area contributed by atoms with Gasteiger partial charge in [0.15, 0.2) is 0 Å². The lowest BCUT2D eigenvalue weighted by atomic mass is 9.95. The maximum atomic E-state index is 3.89. The summed E-state index contributed by atoms with van der Waals surface area (Å²) in [5, 5.41) is 11.9. The minimum atomic E-state index is 0.172. The highest BCUT2D eigenvalue weighted by atomic mass is 32.2. The first-order valence-corrected chi connectivity index (χ1v) is 17.0. The van der Waals surface area contributed by atoms with Crippen LogP contribution in [0.3, 0.4) is 0 Å². The number of fused-ring (bicyclic) bond motifs is 10. The Morgan fingerprint density at radius 3 is 2.11 bits per heavy atom. The molecule has 0 fully saturated rings. The van der Waals surface area contributed by atoms with Crippen molar-refractivity contribution < 1.29 is 0 Å². The molecule has 212 valence electrons. The first-order chi connectivity index (χ1) is 22.3. The largest absolute Gasteiger partial charge is 0.368 e. The Labute approximate surface area is 268 Å². The summed E-state index contributed by atoms with van der Waals surface area (Å²) >= 11 is 3.79. The van der Waals surface area contributed by atoms with E-state index in [-0.39, 0.29) is 5.37 Å². The number of anilines is 1. The summed E-state index contributed by atoms with van der Waals surface area (Å²) < 4.78 is 5.14. The number of nitrogens with one attached hydrogen (secondary N) is 1. The Morgan fingerprint density at radius 2 is 1.27 bits per heavy atom. The van der Waals surface area contributed by atoms with E-state index in [0.29, 0.717) is 0 Å². The first-order valence-electron chi connectivity index (χ1n) is 15.3. The highest BCUT2D eigenvalue weighted by Gasteiger charge is 2.26. The summed E-state index contributed by atoms with van der Waals surface area (Å²) in [4.78, 5) is 1.32. The Hall–Kier alpha value is -5.03. The zero-order valence-electron chi connectivity index (χ0n) is 24.2. The van der Waals surface area contributed by atoms with E-state index in [1.165, 1.54) is 85.7 Å². The number of hydrogen-bond donors (Lipinski definition) is 1. The van der Waals surface area contributed by atoms with Crippen LogP contribution in [0.2, 0.25) is 0 Å². The van der Waals surface area contributed by atoms with Gasteiger partial charge in [0, 0.05) is 46.9 Å². The first kappa shape index (κ1) is 25.3. The summed E-state index contributed by atoms with van der Waals surface area (Å²) in [7, 11) is 0. The molecule has 1 aliphatic rings. The Kier molecular flexibility index (Phi) is 5.48. The molecule has 0 saturated carbocycles. The van der Waals surface area contributed by atoms with Gasteiger partial charge in [0.2, 0.25) is 0 Å². The van der Waals surface area contributed by atoms with Crippen molar-refractivity contribution >= 4 is 81.5 Å². The van der Waals surface area contributed by atoms with Gasteiger partial charge < -0.3 is 9.88 Å². The van der Waals surface area contributed by atoms with Crippen LogP contribution >= 0.6 is 23.1 Å². The molecule has 7 aromatic carbocycles. The van der Waals surface area contributed by atoms with E-state index in [2.05, 4.69) is 155 Å². The van der Waals surface area contributed by atoms with Crippen molar-refractivity contribution in [2.45, 2.75) is 10.3 Å². The third-order valence-electron chi connectivity index (χ3n) is 9.24. The predicted molar refractivity (Wildman–Crippen MR) is 195 cm³/mol. The molecule has 2 aromatic heterocycles. The molecule has 0 aliphatic carbocycles. The number of thiophene rings is 1.